The van der Waals surface area contributed by atoms with Crippen LogP contribution in [0, 0.1) is 22.7 Å². The van der Waals surface area contributed by atoms with E-state index < -0.39 is 23.1 Å². The van der Waals surface area contributed by atoms with Crippen molar-refractivity contribution < 1.29 is 14.3 Å². The summed E-state index contributed by atoms with van der Waals surface area (Å²) in [6.45, 7) is 4.85. The molecule has 0 heterocycles. The Morgan fingerprint density at radius 3 is 2.50 bits per heavy atom. The van der Waals surface area contributed by atoms with Gasteiger partial charge in [0, 0.05) is 5.56 Å². The van der Waals surface area contributed by atoms with Crippen molar-refractivity contribution in [2.24, 2.45) is 11.3 Å². The molecule has 0 saturated carbocycles. The number of benzene rings is 1. The van der Waals surface area contributed by atoms with Crippen LogP contribution in [0.15, 0.2) is 24.3 Å². The van der Waals surface area contributed by atoms with E-state index >= 15 is 0 Å². The van der Waals surface area contributed by atoms with E-state index in [-0.39, 0.29) is 17.2 Å². The van der Waals surface area contributed by atoms with Crippen LogP contribution in [-0.2, 0) is 9.53 Å². The highest BCUT2D eigenvalue weighted by molar-refractivity contribution is 6.34. The molecule has 0 spiro atoms. The number of halogens is 1. The maximum absolute atomic E-state index is 12.6. The third kappa shape index (κ3) is 3.37. The number of Topliss-reactive ketones (excluding diaryl/α,β-unsaturated/α-hetero) is 1. The Kier molecular flexibility index (Phi) is 5.29. The number of carbonyl (C=O) groups excluding carboxylic acids is 2. The summed E-state index contributed by atoms with van der Waals surface area (Å²) in [7, 11) is 0. The summed E-state index contributed by atoms with van der Waals surface area (Å²) in [6.07, 6.45) is 0. The average Bonchev–Trinajstić information content (AvgIpc) is 2.39. The number of rotatable bonds is 5. The number of carbonyl (C=O) groups is 2. The van der Waals surface area contributed by atoms with E-state index in [1.54, 1.807) is 25.1 Å². The van der Waals surface area contributed by atoms with Crippen molar-refractivity contribution in [3.05, 3.63) is 34.9 Å². The molecule has 0 aliphatic heterocycles. The lowest BCUT2D eigenvalue weighted by Crippen LogP contribution is -2.38. The van der Waals surface area contributed by atoms with Crippen LogP contribution in [0.25, 0.3) is 0 Å². The number of esters is 1. The fourth-order valence-corrected chi connectivity index (χ4v) is 2.06. The Hall–Kier alpha value is -1.86. The van der Waals surface area contributed by atoms with Crippen LogP contribution in [0.5, 0.6) is 0 Å². The highest BCUT2D eigenvalue weighted by Crippen LogP contribution is 2.32. The molecule has 20 heavy (non-hydrogen) atoms. The average molecular weight is 294 g/mol. The summed E-state index contributed by atoms with van der Waals surface area (Å²) in [5, 5.41) is 9.45. The molecule has 0 N–H and O–H groups in total. The zero-order chi connectivity index (χ0) is 15.3. The van der Waals surface area contributed by atoms with Gasteiger partial charge in [-0.1, -0.05) is 23.7 Å². The molecule has 5 heteroatoms. The highest BCUT2D eigenvalue weighted by atomic mass is 35.5. The van der Waals surface area contributed by atoms with Gasteiger partial charge in [0.25, 0.3) is 0 Å². The van der Waals surface area contributed by atoms with Gasteiger partial charge in [0.1, 0.15) is 5.92 Å². The summed E-state index contributed by atoms with van der Waals surface area (Å²) < 4.78 is 4.92. The van der Waals surface area contributed by atoms with E-state index in [0.717, 1.165) is 0 Å². The Bertz CT molecular complexity index is 560. The van der Waals surface area contributed by atoms with Gasteiger partial charge in [-0.2, -0.15) is 5.26 Å². The fourth-order valence-electron chi connectivity index (χ4n) is 1.84. The lowest BCUT2D eigenvalue weighted by Gasteiger charge is -2.25. The summed E-state index contributed by atoms with van der Waals surface area (Å²) in [5.41, 5.74) is -0.960. The molecule has 0 fully saturated rings. The van der Waals surface area contributed by atoms with E-state index in [1.165, 1.54) is 19.9 Å². The molecule has 4 nitrogen and oxygen atoms in total. The van der Waals surface area contributed by atoms with Crippen LogP contribution in [-0.4, -0.2) is 18.4 Å². The molecule has 0 bridgehead atoms. The molecule has 0 aliphatic rings. The number of ketones is 1. The molecule has 1 aromatic carbocycles. The summed E-state index contributed by atoms with van der Waals surface area (Å²) >= 11 is 5.98. The van der Waals surface area contributed by atoms with Crippen molar-refractivity contribution in [2.75, 3.05) is 6.61 Å². The first-order valence-corrected chi connectivity index (χ1v) is 6.59. The Morgan fingerprint density at radius 1 is 1.40 bits per heavy atom. The Balaban J connectivity index is 3.26. The topological polar surface area (TPSA) is 67.2 Å². The van der Waals surface area contributed by atoms with E-state index in [0.29, 0.717) is 0 Å². The molecule has 1 unspecified atom stereocenters. The summed E-state index contributed by atoms with van der Waals surface area (Å²) in [4.78, 5) is 24.6. The lowest BCUT2D eigenvalue weighted by molar-refractivity contribution is -0.148. The predicted octanol–water partition coefficient (Wildman–Crippen LogP) is 3.25. The van der Waals surface area contributed by atoms with Crippen molar-refractivity contribution in [3.63, 3.8) is 0 Å². The second kappa shape index (κ2) is 6.53. The first-order valence-electron chi connectivity index (χ1n) is 6.21. The van der Waals surface area contributed by atoms with Crippen LogP contribution in [0.2, 0.25) is 5.02 Å². The van der Waals surface area contributed by atoms with Crippen molar-refractivity contribution in [2.45, 2.75) is 20.8 Å². The molecule has 106 valence electrons. The molecule has 1 atom stereocenters. The van der Waals surface area contributed by atoms with Crippen molar-refractivity contribution in [1.82, 2.24) is 0 Å². The van der Waals surface area contributed by atoms with E-state index in [1.807, 2.05) is 6.07 Å². The third-order valence-electron chi connectivity index (χ3n) is 2.93. The molecule has 1 aromatic rings. The number of nitriles is 1. The van der Waals surface area contributed by atoms with Gasteiger partial charge in [-0.05, 0) is 32.9 Å². The molecule has 0 radical (unpaired) electrons. The first-order chi connectivity index (χ1) is 9.35. The Morgan fingerprint density at radius 2 is 2.00 bits per heavy atom. The van der Waals surface area contributed by atoms with Gasteiger partial charge >= 0.3 is 5.97 Å². The monoisotopic (exact) mass is 293 g/mol. The van der Waals surface area contributed by atoms with Crippen LogP contribution in [0.3, 0.4) is 0 Å². The minimum Gasteiger partial charge on any atom is -0.465 e. The van der Waals surface area contributed by atoms with Crippen LogP contribution < -0.4 is 0 Å². The second-order valence-electron chi connectivity index (χ2n) is 4.86. The molecule has 0 amide bonds. The van der Waals surface area contributed by atoms with Crippen LogP contribution in [0.4, 0.5) is 0 Å². The maximum atomic E-state index is 12.6. The number of hydrogen-bond acceptors (Lipinski definition) is 4. The molecular weight excluding hydrogens is 278 g/mol. The highest BCUT2D eigenvalue weighted by Gasteiger charge is 2.43. The zero-order valence-electron chi connectivity index (χ0n) is 11.6. The third-order valence-corrected chi connectivity index (χ3v) is 3.26. The lowest BCUT2D eigenvalue weighted by atomic mass is 9.76. The Labute approximate surface area is 123 Å². The SMILES string of the molecule is CCOC(=O)C(C(=O)c1ccccc1Cl)C(C)(C)C#N. The summed E-state index contributed by atoms with van der Waals surface area (Å²) in [6, 6.07) is 8.43. The maximum Gasteiger partial charge on any atom is 0.318 e. The smallest absolute Gasteiger partial charge is 0.318 e. The zero-order valence-corrected chi connectivity index (χ0v) is 12.4. The van der Waals surface area contributed by atoms with Gasteiger partial charge in [0.2, 0.25) is 0 Å². The van der Waals surface area contributed by atoms with E-state index in [9.17, 15) is 14.9 Å². The molecule has 0 aliphatic carbocycles. The van der Waals surface area contributed by atoms with E-state index in [4.69, 9.17) is 16.3 Å². The summed E-state index contributed by atoms with van der Waals surface area (Å²) in [5.74, 6) is -2.41. The minimum atomic E-state index is -1.20. The molecule has 0 aromatic heterocycles. The van der Waals surface area contributed by atoms with Gasteiger partial charge in [0.15, 0.2) is 5.78 Å². The van der Waals surface area contributed by atoms with Gasteiger partial charge in [-0.15, -0.1) is 0 Å². The van der Waals surface area contributed by atoms with Crippen LogP contribution >= 0.6 is 11.6 Å². The van der Waals surface area contributed by atoms with Gasteiger partial charge in [-0.3, -0.25) is 9.59 Å². The van der Waals surface area contributed by atoms with Gasteiger partial charge in [0.05, 0.1) is 23.1 Å². The first kappa shape index (κ1) is 16.2. The number of nitrogens with zero attached hydrogens (tertiary/aromatic N) is 1. The molecular formula is C15H16ClNO3. The number of hydrogen-bond donors (Lipinski definition) is 0. The second-order valence-corrected chi connectivity index (χ2v) is 5.27. The largest absolute Gasteiger partial charge is 0.465 e. The molecule has 0 saturated heterocycles. The van der Waals surface area contributed by atoms with Crippen molar-refractivity contribution in [1.29, 1.82) is 5.26 Å². The van der Waals surface area contributed by atoms with Crippen molar-refractivity contribution in [3.8, 4) is 6.07 Å². The molecule has 1 rings (SSSR count). The number of ether oxygens (including phenoxy) is 1. The van der Waals surface area contributed by atoms with Crippen LogP contribution in [0.1, 0.15) is 31.1 Å². The van der Waals surface area contributed by atoms with Crippen molar-refractivity contribution >= 4 is 23.4 Å². The van der Waals surface area contributed by atoms with Gasteiger partial charge in [-0.25, -0.2) is 0 Å². The fraction of sp³-hybridized carbons (Fsp3) is 0.400. The van der Waals surface area contributed by atoms with E-state index in [2.05, 4.69) is 0 Å². The van der Waals surface area contributed by atoms with Gasteiger partial charge < -0.3 is 4.74 Å². The quantitative estimate of drug-likeness (QED) is 0.475. The normalized spacial score (nSPS) is 12.3. The predicted molar refractivity (Wildman–Crippen MR) is 75.3 cm³/mol. The standard InChI is InChI=1S/C15H16ClNO3/c1-4-20-14(19)12(15(2,3)9-17)13(18)10-7-5-6-8-11(10)16/h5-8,12H,4H2,1-3H3. The minimum absolute atomic E-state index is 0.145.